The van der Waals surface area contributed by atoms with Gasteiger partial charge in [0.15, 0.2) is 6.29 Å². The van der Waals surface area contributed by atoms with Crippen LogP contribution in [0, 0.1) is 0 Å². The van der Waals surface area contributed by atoms with Crippen molar-refractivity contribution in [1.29, 1.82) is 0 Å². The molecule has 0 spiro atoms. The zero-order valence-corrected chi connectivity index (χ0v) is 28.9. The first kappa shape index (κ1) is 34.4. The highest BCUT2D eigenvalue weighted by Gasteiger charge is 2.36. The number of ether oxygens (including phenoxy) is 2. The highest BCUT2D eigenvalue weighted by molar-refractivity contribution is 5.75. The Hall–Kier alpha value is -4.05. The van der Waals surface area contributed by atoms with Crippen LogP contribution in [-0.2, 0) is 29.2 Å². The van der Waals surface area contributed by atoms with Crippen LogP contribution < -0.4 is 10.6 Å². The maximum absolute atomic E-state index is 12.6. The van der Waals surface area contributed by atoms with Crippen molar-refractivity contribution in [3.05, 3.63) is 131 Å². The molecule has 0 saturated carbocycles. The Bertz CT molecular complexity index is 1660. The number of carbonyl (C=O) groups is 1. The summed E-state index contributed by atoms with van der Waals surface area (Å²) in [5.74, 6) is 0. The number of hydrogen-bond donors (Lipinski definition) is 3. The molecule has 4 atom stereocenters. The van der Waals surface area contributed by atoms with Crippen LogP contribution in [0.25, 0.3) is 11.1 Å². The summed E-state index contributed by atoms with van der Waals surface area (Å²) in [7, 11) is 0. The lowest BCUT2D eigenvalue weighted by Gasteiger charge is -2.39. The molecule has 8 nitrogen and oxygen atoms in total. The lowest BCUT2D eigenvalue weighted by molar-refractivity contribution is -0.253. The molecule has 4 unspecified atom stereocenters. The van der Waals surface area contributed by atoms with Gasteiger partial charge in [-0.25, -0.2) is 4.79 Å². The molecule has 3 N–H and O–H groups in total. The summed E-state index contributed by atoms with van der Waals surface area (Å²) in [5.41, 5.74) is 7.24. The van der Waals surface area contributed by atoms with Crippen LogP contribution in [0.2, 0.25) is 0 Å². The minimum Gasteiger partial charge on any atom is -0.392 e. The van der Waals surface area contributed by atoms with Gasteiger partial charge in [-0.3, -0.25) is 4.90 Å². The van der Waals surface area contributed by atoms with Gasteiger partial charge in [0.05, 0.1) is 18.8 Å². The zero-order valence-electron chi connectivity index (χ0n) is 28.9. The smallest absolute Gasteiger partial charge is 0.315 e. The molecule has 0 radical (unpaired) electrons. The average Bonchev–Trinajstić information content (AvgIpc) is 3.86. The van der Waals surface area contributed by atoms with Crippen molar-refractivity contribution in [3.8, 4) is 11.1 Å². The minimum absolute atomic E-state index is 0.0283. The first-order valence-corrected chi connectivity index (χ1v) is 18.3. The van der Waals surface area contributed by atoms with Crippen LogP contribution in [-0.4, -0.2) is 65.8 Å². The second-order valence-electron chi connectivity index (χ2n) is 13.9. The van der Waals surface area contributed by atoms with Crippen molar-refractivity contribution in [2.45, 2.75) is 76.3 Å². The zero-order chi connectivity index (χ0) is 34.1. The number of likely N-dealkylation sites (tertiary alicyclic amines) is 2. The van der Waals surface area contributed by atoms with Gasteiger partial charge in [0, 0.05) is 44.2 Å². The monoisotopic (exact) mass is 674 g/mol. The van der Waals surface area contributed by atoms with Gasteiger partial charge in [0.25, 0.3) is 0 Å². The predicted molar refractivity (Wildman–Crippen MR) is 196 cm³/mol. The van der Waals surface area contributed by atoms with Crippen molar-refractivity contribution >= 4 is 6.03 Å². The normalized spacial score (nSPS) is 22.8. The second kappa shape index (κ2) is 16.8. The molecule has 3 aliphatic heterocycles. The molecule has 4 aromatic rings. The van der Waals surface area contributed by atoms with Gasteiger partial charge in [-0.2, -0.15) is 0 Å². The SMILES string of the molecule is O=C(NCc1ccccc1)NCc1ccccc1-c1ccc(C2OC(CN3CCCC3CN3CCCC3)CC(c3ccc(CO)cc3)O2)cc1. The van der Waals surface area contributed by atoms with E-state index in [9.17, 15) is 9.90 Å². The number of nitrogens with zero attached hydrogens (tertiary/aromatic N) is 2. The Morgan fingerprint density at radius 1 is 0.720 bits per heavy atom. The Morgan fingerprint density at radius 2 is 1.44 bits per heavy atom. The Kier molecular flexibility index (Phi) is 11.5. The van der Waals surface area contributed by atoms with Crippen LogP contribution in [0.3, 0.4) is 0 Å². The Balaban J connectivity index is 1.03. The summed E-state index contributed by atoms with van der Waals surface area (Å²) in [6.07, 6.45) is 5.37. The minimum atomic E-state index is -0.491. The van der Waals surface area contributed by atoms with E-state index < -0.39 is 6.29 Å². The summed E-state index contributed by atoms with van der Waals surface area (Å²) in [5, 5.41) is 15.6. The molecule has 3 heterocycles. The lowest BCUT2D eigenvalue weighted by atomic mass is 9.97. The van der Waals surface area contributed by atoms with E-state index in [1.54, 1.807) is 0 Å². The third kappa shape index (κ3) is 8.81. The molecule has 3 saturated heterocycles. The van der Waals surface area contributed by atoms with E-state index in [-0.39, 0.29) is 24.8 Å². The van der Waals surface area contributed by atoms with Gasteiger partial charge in [0.1, 0.15) is 0 Å². The molecule has 3 aliphatic rings. The largest absolute Gasteiger partial charge is 0.392 e. The van der Waals surface area contributed by atoms with E-state index in [0.717, 1.165) is 65.0 Å². The first-order chi connectivity index (χ1) is 24.6. The number of aliphatic hydroxyl groups is 1. The van der Waals surface area contributed by atoms with Crippen LogP contribution in [0.5, 0.6) is 0 Å². The number of hydrogen-bond acceptors (Lipinski definition) is 6. The van der Waals surface area contributed by atoms with Crippen molar-refractivity contribution in [2.24, 2.45) is 0 Å². The third-order valence-electron chi connectivity index (χ3n) is 10.5. The van der Waals surface area contributed by atoms with Gasteiger partial charge in [-0.1, -0.05) is 103 Å². The number of benzene rings is 4. The van der Waals surface area contributed by atoms with Crippen LogP contribution in [0.1, 0.15) is 72.3 Å². The second-order valence-corrected chi connectivity index (χ2v) is 13.9. The van der Waals surface area contributed by atoms with Gasteiger partial charge in [0.2, 0.25) is 0 Å². The quantitative estimate of drug-likeness (QED) is 0.151. The highest BCUT2D eigenvalue weighted by atomic mass is 16.7. The molecule has 3 fully saturated rings. The van der Waals surface area contributed by atoms with Crippen molar-refractivity contribution in [1.82, 2.24) is 20.4 Å². The maximum atomic E-state index is 12.6. The number of rotatable bonds is 12. The van der Waals surface area contributed by atoms with Gasteiger partial charge in [-0.05, 0) is 78.7 Å². The molecule has 4 aromatic carbocycles. The van der Waals surface area contributed by atoms with Crippen LogP contribution in [0.15, 0.2) is 103 Å². The summed E-state index contributed by atoms with van der Waals surface area (Å²) in [4.78, 5) is 17.9. The maximum Gasteiger partial charge on any atom is 0.315 e. The molecule has 7 rings (SSSR count). The molecule has 50 heavy (non-hydrogen) atoms. The van der Waals surface area contributed by atoms with Crippen LogP contribution in [0.4, 0.5) is 4.79 Å². The molecular formula is C42H50N4O4. The van der Waals surface area contributed by atoms with Gasteiger partial charge < -0.3 is 30.1 Å². The average molecular weight is 675 g/mol. The van der Waals surface area contributed by atoms with E-state index in [1.807, 2.05) is 54.6 Å². The molecule has 262 valence electrons. The molecule has 8 heteroatoms. The summed E-state index contributed by atoms with van der Waals surface area (Å²) in [6.45, 7) is 6.57. The Morgan fingerprint density at radius 3 is 2.22 bits per heavy atom. The fourth-order valence-electron chi connectivity index (χ4n) is 7.69. The number of amides is 2. The lowest BCUT2D eigenvalue weighted by Crippen LogP contribution is -2.45. The summed E-state index contributed by atoms with van der Waals surface area (Å²) in [6, 6.07) is 35.1. The van der Waals surface area contributed by atoms with E-state index in [4.69, 9.17) is 9.47 Å². The first-order valence-electron chi connectivity index (χ1n) is 18.3. The number of carbonyl (C=O) groups excluding carboxylic acids is 1. The number of urea groups is 1. The van der Waals surface area contributed by atoms with Crippen molar-refractivity contribution in [2.75, 3.05) is 32.7 Å². The van der Waals surface area contributed by atoms with Crippen LogP contribution >= 0.6 is 0 Å². The van der Waals surface area contributed by atoms with Crippen molar-refractivity contribution < 1.29 is 19.4 Å². The van der Waals surface area contributed by atoms with Gasteiger partial charge in [-0.15, -0.1) is 0 Å². The fraction of sp³-hybridized carbons (Fsp3) is 0.405. The topological polar surface area (TPSA) is 86.3 Å². The standard InChI is InChI=1S/C42H50N4O4/c47-30-32-14-16-34(17-15-32)40-25-38(29-46-24-8-12-37(46)28-45-22-6-7-23-45)49-41(50-40)35-20-18-33(19-21-35)39-13-5-4-11-36(39)27-44-42(48)43-26-31-9-2-1-3-10-31/h1-5,9-11,13-21,37-38,40-41,47H,6-8,12,22-30H2,(H2,43,44,48). The van der Waals surface area contributed by atoms with E-state index in [0.29, 0.717) is 19.1 Å². The molecular weight excluding hydrogens is 624 g/mol. The third-order valence-corrected chi connectivity index (χ3v) is 10.5. The summed E-state index contributed by atoms with van der Waals surface area (Å²) < 4.78 is 13.5. The molecule has 0 aliphatic carbocycles. The fourth-order valence-corrected chi connectivity index (χ4v) is 7.69. The molecule has 2 amide bonds. The van der Waals surface area contributed by atoms with E-state index in [2.05, 4.69) is 69.0 Å². The number of nitrogens with one attached hydrogen (secondary N) is 2. The van der Waals surface area contributed by atoms with E-state index in [1.165, 1.54) is 38.8 Å². The van der Waals surface area contributed by atoms with E-state index >= 15 is 0 Å². The highest BCUT2D eigenvalue weighted by Crippen LogP contribution is 2.39. The Labute approximate surface area is 296 Å². The predicted octanol–water partition coefficient (Wildman–Crippen LogP) is 6.95. The van der Waals surface area contributed by atoms with Crippen molar-refractivity contribution in [3.63, 3.8) is 0 Å². The molecule has 0 aromatic heterocycles. The molecule has 0 bridgehead atoms. The number of aliphatic hydroxyl groups excluding tert-OH is 1. The van der Waals surface area contributed by atoms with Gasteiger partial charge >= 0.3 is 6.03 Å². The summed E-state index contributed by atoms with van der Waals surface area (Å²) >= 11 is 0.